The predicted octanol–water partition coefficient (Wildman–Crippen LogP) is -1.14. The standard InChI is InChI=1S/C16H24B2O12/c1-5-23-13(19)9-10(14(20)24-6-2)28-17(27-9)18-29-11(15(21)25-7-3)12(30-18)16(22)26-8-4/h9-12H,5-8H2,1-4H3/t9-,10-,11-,12-/m1/s1. The summed E-state index contributed by atoms with van der Waals surface area (Å²) in [5.74, 6) is -3.39. The SMILES string of the molecule is CCOC(=O)[C@@H]1OB(B2O[C@@H](C(=O)OCC)[C@H](C(=O)OCC)O2)O[C@H]1C(=O)OCC. The fourth-order valence-electron chi connectivity index (χ4n) is 2.80. The fraction of sp³-hybridized carbons (Fsp3) is 0.750. The van der Waals surface area contributed by atoms with E-state index in [4.69, 9.17) is 37.6 Å². The zero-order valence-electron chi connectivity index (χ0n) is 17.2. The van der Waals surface area contributed by atoms with Crippen LogP contribution >= 0.6 is 0 Å². The van der Waals surface area contributed by atoms with E-state index in [0.29, 0.717) is 0 Å². The van der Waals surface area contributed by atoms with Gasteiger partial charge in [-0.1, -0.05) is 0 Å². The molecule has 2 fully saturated rings. The minimum atomic E-state index is -1.44. The van der Waals surface area contributed by atoms with E-state index in [1.54, 1.807) is 27.7 Å². The second kappa shape index (κ2) is 11.3. The molecule has 0 aliphatic carbocycles. The number of carbonyl (C=O) groups excluding carboxylic acids is 4. The number of hydrogen-bond acceptors (Lipinski definition) is 12. The average molecular weight is 430 g/mol. The number of ether oxygens (including phenoxy) is 4. The molecule has 2 aliphatic heterocycles. The van der Waals surface area contributed by atoms with Crippen molar-refractivity contribution < 1.29 is 56.7 Å². The Kier molecular flexibility index (Phi) is 9.08. The van der Waals surface area contributed by atoms with Gasteiger partial charge in [-0.15, -0.1) is 0 Å². The molecule has 0 spiro atoms. The molecule has 0 saturated carbocycles. The monoisotopic (exact) mass is 430 g/mol. The lowest BCUT2D eigenvalue weighted by Gasteiger charge is -2.15. The van der Waals surface area contributed by atoms with Gasteiger partial charge in [0.15, 0.2) is 24.4 Å². The van der Waals surface area contributed by atoms with Crippen molar-refractivity contribution in [3.63, 3.8) is 0 Å². The highest BCUT2D eigenvalue weighted by atomic mass is 16.7. The normalized spacial score (nSPS) is 25.7. The average Bonchev–Trinajstić information content (AvgIpc) is 3.34. The first kappa shape index (κ1) is 24.1. The maximum atomic E-state index is 12.2. The molecule has 2 aliphatic rings. The van der Waals surface area contributed by atoms with E-state index >= 15 is 0 Å². The highest BCUT2D eigenvalue weighted by Gasteiger charge is 2.61. The second-order valence-corrected chi connectivity index (χ2v) is 5.97. The van der Waals surface area contributed by atoms with Crippen molar-refractivity contribution in [2.45, 2.75) is 52.1 Å². The van der Waals surface area contributed by atoms with E-state index in [-0.39, 0.29) is 26.4 Å². The molecule has 0 radical (unpaired) electrons. The largest absolute Gasteiger partial charge is 0.489 e. The van der Waals surface area contributed by atoms with Crippen LogP contribution in [0.2, 0.25) is 0 Å². The van der Waals surface area contributed by atoms with E-state index in [2.05, 4.69) is 0 Å². The lowest BCUT2D eigenvalue weighted by Crippen LogP contribution is -2.41. The van der Waals surface area contributed by atoms with Crippen LogP contribution in [0.15, 0.2) is 0 Å². The molecule has 30 heavy (non-hydrogen) atoms. The van der Waals surface area contributed by atoms with Crippen molar-refractivity contribution in [1.29, 1.82) is 0 Å². The van der Waals surface area contributed by atoms with E-state index < -0.39 is 62.3 Å². The molecule has 0 N–H and O–H groups in total. The molecule has 0 bridgehead atoms. The Morgan fingerprint density at radius 1 is 0.533 bits per heavy atom. The first-order valence-electron chi connectivity index (χ1n) is 9.66. The van der Waals surface area contributed by atoms with Crippen molar-refractivity contribution in [2.24, 2.45) is 0 Å². The molecule has 166 valence electrons. The van der Waals surface area contributed by atoms with Gasteiger partial charge >= 0.3 is 37.9 Å². The van der Waals surface area contributed by atoms with Gasteiger partial charge in [0.2, 0.25) is 0 Å². The van der Waals surface area contributed by atoms with Crippen molar-refractivity contribution in [1.82, 2.24) is 0 Å². The highest BCUT2D eigenvalue weighted by molar-refractivity contribution is 7.11. The smallest absolute Gasteiger partial charge is 0.464 e. The molecular formula is C16H24B2O12. The Bertz CT molecular complexity index is 538. The topological polar surface area (TPSA) is 142 Å². The maximum Gasteiger partial charge on any atom is 0.489 e. The number of carbonyl (C=O) groups is 4. The molecule has 4 atom stereocenters. The van der Waals surface area contributed by atoms with Crippen LogP contribution in [0, 0.1) is 0 Å². The molecule has 2 saturated heterocycles. The summed E-state index contributed by atoms with van der Waals surface area (Å²) in [4.78, 5) is 48.7. The summed E-state index contributed by atoms with van der Waals surface area (Å²) in [5, 5.41) is 0. The van der Waals surface area contributed by atoms with Crippen LogP contribution in [0.4, 0.5) is 0 Å². The number of rotatable bonds is 9. The molecule has 0 aromatic heterocycles. The van der Waals surface area contributed by atoms with Crippen molar-refractivity contribution >= 4 is 37.9 Å². The predicted molar refractivity (Wildman–Crippen MR) is 97.5 cm³/mol. The Labute approximate surface area is 174 Å². The number of esters is 4. The quantitative estimate of drug-likeness (QED) is 0.248. The molecule has 0 aromatic rings. The van der Waals surface area contributed by atoms with Crippen LogP contribution in [0.1, 0.15) is 27.7 Å². The van der Waals surface area contributed by atoms with E-state index in [0.717, 1.165) is 0 Å². The van der Waals surface area contributed by atoms with Crippen LogP contribution in [0.5, 0.6) is 0 Å². The van der Waals surface area contributed by atoms with Crippen LogP contribution in [-0.4, -0.2) is 88.7 Å². The molecule has 0 amide bonds. The first-order valence-corrected chi connectivity index (χ1v) is 9.66. The van der Waals surface area contributed by atoms with Gasteiger partial charge in [-0.2, -0.15) is 0 Å². The zero-order chi connectivity index (χ0) is 22.3. The highest BCUT2D eigenvalue weighted by Crippen LogP contribution is 2.27. The molecule has 12 nitrogen and oxygen atoms in total. The summed E-state index contributed by atoms with van der Waals surface area (Å²) in [6.07, 6.45) is -5.76. The van der Waals surface area contributed by atoms with E-state index in [9.17, 15) is 19.2 Å². The van der Waals surface area contributed by atoms with Gasteiger partial charge in [0.1, 0.15) is 0 Å². The molecule has 2 heterocycles. The van der Waals surface area contributed by atoms with Gasteiger partial charge in [0, 0.05) is 0 Å². The van der Waals surface area contributed by atoms with Crippen LogP contribution < -0.4 is 0 Å². The van der Waals surface area contributed by atoms with Gasteiger partial charge in [-0.05, 0) is 27.7 Å². The summed E-state index contributed by atoms with van der Waals surface area (Å²) < 4.78 is 41.4. The Morgan fingerprint density at radius 3 is 0.900 bits per heavy atom. The number of hydrogen-bond donors (Lipinski definition) is 0. The van der Waals surface area contributed by atoms with Crippen LogP contribution in [-0.2, 0) is 56.7 Å². The molecule has 14 heteroatoms. The summed E-state index contributed by atoms with van der Waals surface area (Å²) in [6.45, 7) is 6.53. The summed E-state index contributed by atoms with van der Waals surface area (Å²) >= 11 is 0. The second-order valence-electron chi connectivity index (χ2n) is 5.97. The third-order valence-electron chi connectivity index (χ3n) is 3.97. The lowest BCUT2D eigenvalue weighted by molar-refractivity contribution is -0.163. The fourth-order valence-corrected chi connectivity index (χ4v) is 2.80. The Hall–Kier alpha value is -2.15. The van der Waals surface area contributed by atoms with Gasteiger partial charge in [0.05, 0.1) is 26.4 Å². The summed E-state index contributed by atoms with van der Waals surface area (Å²) in [7, 11) is -2.85. The minimum absolute atomic E-state index is 0.0468. The summed E-state index contributed by atoms with van der Waals surface area (Å²) in [6, 6.07) is 0. The Morgan fingerprint density at radius 2 is 0.733 bits per heavy atom. The van der Waals surface area contributed by atoms with Crippen LogP contribution in [0.3, 0.4) is 0 Å². The summed E-state index contributed by atoms with van der Waals surface area (Å²) in [5.41, 5.74) is 0. The van der Waals surface area contributed by atoms with E-state index in [1.807, 2.05) is 0 Å². The van der Waals surface area contributed by atoms with Crippen molar-refractivity contribution in [3.8, 4) is 0 Å². The molecule has 0 unspecified atom stereocenters. The third kappa shape index (κ3) is 5.50. The van der Waals surface area contributed by atoms with Gasteiger partial charge in [-0.3, -0.25) is 0 Å². The van der Waals surface area contributed by atoms with E-state index in [1.165, 1.54) is 0 Å². The van der Waals surface area contributed by atoms with Crippen molar-refractivity contribution in [2.75, 3.05) is 26.4 Å². The Balaban J connectivity index is 2.18. The van der Waals surface area contributed by atoms with Gasteiger partial charge < -0.3 is 37.6 Å². The van der Waals surface area contributed by atoms with Crippen molar-refractivity contribution in [3.05, 3.63) is 0 Å². The minimum Gasteiger partial charge on any atom is -0.464 e. The van der Waals surface area contributed by atoms with Crippen LogP contribution in [0.25, 0.3) is 0 Å². The molecule has 0 aromatic carbocycles. The lowest BCUT2D eigenvalue weighted by atomic mass is 9.49. The first-order chi connectivity index (χ1) is 14.4. The molecular weight excluding hydrogens is 406 g/mol. The zero-order valence-corrected chi connectivity index (χ0v) is 17.2. The molecule has 2 rings (SSSR count). The van der Waals surface area contributed by atoms with Gasteiger partial charge in [0.25, 0.3) is 0 Å². The maximum absolute atomic E-state index is 12.2. The third-order valence-corrected chi connectivity index (χ3v) is 3.97. The van der Waals surface area contributed by atoms with Gasteiger partial charge in [-0.25, -0.2) is 19.2 Å².